The van der Waals surface area contributed by atoms with E-state index in [9.17, 15) is 18.7 Å². The fourth-order valence-corrected chi connectivity index (χ4v) is 5.68. The number of aliphatic hydroxyl groups excluding tert-OH is 1. The van der Waals surface area contributed by atoms with Crippen molar-refractivity contribution in [2.45, 2.75) is 76.0 Å². The molecule has 2 aromatic heterocycles. The standard InChI is InChI=1S/C25H30ClF2N7O2/c26-18-9-14(27)10-19(28)21(18)33-25-32-20-12-30-24(31-15-3-1-2-4-17(36)11-15)34-23(20)35(25)16-7-5-13(6-8-16)22(29)37/h9-10,12-13,15-17,36H,1-8,11H2,(H2,29,37)(H,32,33)(H,30,31,34)/t13-,15-,16-,17+/m1/s1. The summed E-state index contributed by atoms with van der Waals surface area (Å²) in [5.41, 5.74) is 6.46. The number of hydrogen-bond acceptors (Lipinski definition) is 7. The molecule has 2 heterocycles. The van der Waals surface area contributed by atoms with Crippen LogP contribution in [0.3, 0.4) is 0 Å². The number of carbonyl (C=O) groups excluding carboxylic acids is 1. The SMILES string of the molecule is NC(=O)[C@H]1CC[C@H](n2c(Nc3c(F)cc(F)cc3Cl)nc3cnc(N[C@@H]4CCCC[C@H](O)C4)nc32)CC1. The highest BCUT2D eigenvalue weighted by molar-refractivity contribution is 6.33. The van der Waals surface area contributed by atoms with Gasteiger partial charge >= 0.3 is 0 Å². The lowest BCUT2D eigenvalue weighted by atomic mass is 9.85. The summed E-state index contributed by atoms with van der Waals surface area (Å²) < 4.78 is 30.1. The highest BCUT2D eigenvalue weighted by atomic mass is 35.5. The van der Waals surface area contributed by atoms with Gasteiger partial charge in [-0.2, -0.15) is 4.98 Å². The Morgan fingerprint density at radius 2 is 1.86 bits per heavy atom. The molecule has 0 bridgehead atoms. The van der Waals surface area contributed by atoms with Gasteiger partial charge in [0, 0.05) is 24.1 Å². The van der Waals surface area contributed by atoms with Crippen LogP contribution in [0.5, 0.6) is 0 Å². The summed E-state index contributed by atoms with van der Waals surface area (Å²) in [6.45, 7) is 0. The average molecular weight is 534 g/mol. The van der Waals surface area contributed by atoms with Crippen LogP contribution in [0, 0.1) is 17.6 Å². The fraction of sp³-hybridized carbons (Fsp3) is 0.520. The van der Waals surface area contributed by atoms with Crippen LogP contribution in [-0.4, -0.2) is 42.7 Å². The first kappa shape index (κ1) is 25.6. The summed E-state index contributed by atoms with van der Waals surface area (Å²) in [6, 6.07) is 1.73. The zero-order valence-corrected chi connectivity index (χ0v) is 21.0. The summed E-state index contributed by atoms with van der Waals surface area (Å²) in [7, 11) is 0. The molecule has 2 atom stereocenters. The minimum atomic E-state index is -0.846. The molecule has 3 aromatic rings. The van der Waals surface area contributed by atoms with E-state index < -0.39 is 11.6 Å². The molecule has 1 aromatic carbocycles. The highest BCUT2D eigenvalue weighted by Gasteiger charge is 2.30. The van der Waals surface area contributed by atoms with Crippen molar-refractivity contribution in [2.24, 2.45) is 11.7 Å². The average Bonchev–Trinajstić information content (AvgIpc) is 3.07. The van der Waals surface area contributed by atoms with E-state index >= 15 is 0 Å². The maximum absolute atomic E-state index is 14.6. The Labute approximate surface area is 217 Å². The van der Waals surface area contributed by atoms with Crippen molar-refractivity contribution in [3.8, 4) is 0 Å². The van der Waals surface area contributed by atoms with Gasteiger partial charge in [0.15, 0.2) is 11.5 Å². The molecule has 9 nitrogen and oxygen atoms in total. The van der Waals surface area contributed by atoms with Gasteiger partial charge in [0.2, 0.25) is 17.8 Å². The molecule has 0 radical (unpaired) electrons. The molecular formula is C25H30ClF2N7O2. The second-order valence-corrected chi connectivity index (χ2v) is 10.4. The van der Waals surface area contributed by atoms with Crippen LogP contribution in [0.4, 0.5) is 26.4 Å². The second-order valence-electron chi connectivity index (χ2n) is 10.0. The van der Waals surface area contributed by atoms with Gasteiger partial charge in [-0.1, -0.05) is 24.4 Å². The third-order valence-electron chi connectivity index (χ3n) is 7.37. The van der Waals surface area contributed by atoms with E-state index in [1.165, 1.54) is 0 Å². The van der Waals surface area contributed by atoms with E-state index in [4.69, 9.17) is 22.3 Å². The van der Waals surface area contributed by atoms with E-state index in [0.29, 0.717) is 55.2 Å². The number of benzene rings is 1. The molecule has 1 amide bonds. The molecule has 0 aliphatic heterocycles. The summed E-state index contributed by atoms with van der Waals surface area (Å²) >= 11 is 6.14. The van der Waals surface area contributed by atoms with Gasteiger partial charge in [-0.25, -0.2) is 18.7 Å². The zero-order valence-electron chi connectivity index (χ0n) is 20.3. The predicted molar refractivity (Wildman–Crippen MR) is 137 cm³/mol. The summed E-state index contributed by atoms with van der Waals surface area (Å²) in [5, 5.41) is 16.4. The fourth-order valence-electron chi connectivity index (χ4n) is 5.43. The number of carbonyl (C=O) groups is 1. The predicted octanol–water partition coefficient (Wildman–Crippen LogP) is 4.82. The van der Waals surface area contributed by atoms with Crippen LogP contribution >= 0.6 is 11.6 Å². The lowest BCUT2D eigenvalue weighted by Gasteiger charge is -2.29. The number of nitrogens with two attached hydrogens (primary N) is 1. The zero-order chi connectivity index (χ0) is 26.1. The van der Waals surface area contributed by atoms with Crippen LogP contribution < -0.4 is 16.4 Å². The van der Waals surface area contributed by atoms with Crippen molar-refractivity contribution in [3.05, 3.63) is 35.0 Å². The molecule has 5 rings (SSSR count). The lowest BCUT2D eigenvalue weighted by molar-refractivity contribution is -0.122. The monoisotopic (exact) mass is 533 g/mol. The molecule has 2 aliphatic rings. The molecule has 2 fully saturated rings. The van der Waals surface area contributed by atoms with Gasteiger partial charge in [-0.05, 0) is 51.0 Å². The first-order chi connectivity index (χ1) is 17.8. The van der Waals surface area contributed by atoms with Crippen molar-refractivity contribution in [3.63, 3.8) is 0 Å². The van der Waals surface area contributed by atoms with Gasteiger partial charge in [-0.15, -0.1) is 0 Å². The quantitative estimate of drug-likeness (QED) is 0.334. The van der Waals surface area contributed by atoms with Crippen molar-refractivity contribution in [1.82, 2.24) is 19.5 Å². The van der Waals surface area contributed by atoms with E-state index in [2.05, 4.69) is 20.6 Å². The van der Waals surface area contributed by atoms with Gasteiger partial charge in [0.05, 0.1) is 23.0 Å². The Kier molecular flexibility index (Phi) is 7.43. The molecule has 5 N–H and O–H groups in total. The van der Waals surface area contributed by atoms with Gasteiger partial charge in [-0.3, -0.25) is 9.36 Å². The summed E-state index contributed by atoms with van der Waals surface area (Å²) in [5.74, 6) is -1.43. The number of rotatable bonds is 6. The first-order valence-corrected chi connectivity index (χ1v) is 13.1. The maximum Gasteiger partial charge on any atom is 0.224 e. The van der Waals surface area contributed by atoms with Gasteiger partial charge < -0.3 is 21.5 Å². The van der Waals surface area contributed by atoms with E-state index in [-0.39, 0.29) is 40.7 Å². The van der Waals surface area contributed by atoms with Gasteiger partial charge in [0.1, 0.15) is 11.3 Å². The number of fused-ring (bicyclic) bond motifs is 1. The molecule has 0 unspecified atom stereocenters. The third-order valence-corrected chi connectivity index (χ3v) is 7.67. The van der Waals surface area contributed by atoms with E-state index in [1.807, 2.05) is 4.57 Å². The highest BCUT2D eigenvalue weighted by Crippen LogP contribution is 2.38. The number of primary amides is 1. The number of aromatic nitrogens is 4. The maximum atomic E-state index is 14.6. The van der Waals surface area contributed by atoms with Crippen molar-refractivity contribution in [1.29, 1.82) is 0 Å². The smallest absolute Gasteiger partial charge is 0.224 e. The molecule has 2 saturated carbocycles. The second kappa shape index (κ2) is 10.7. The van der Waals surface area contributed by atoms with Gasteiger partial charge in [0.25, 0.3) is 0 Å². The molecule has 2 aliphatic carbocycles. The molecule has 0 spiro atoms. The number of halogens is 3. The van der Waals surface area contributed by atoms with Crippen molar-refractivity contribution in [2.75, 3.05) is 10.6 Å². The Hall–Kier alpha value is -3.05. The molecule has 37 heavy (non-hydrogen) atoms. The molecule has 198 valence electrons. The summed E-state index contributed by atoms with van der Waals surface area (Å²) in [6.07, 6.45) is 8.06. The lowest BCUT2D eigenvalue weighted by Crippen LogP contribution is -2.29. The van der Waals surface area contributed by atoms with Crippen LogP contribution in [-0.2, 0) is 4.79 Å². The van der Waals surface area contributed by atoms with E-state index in [1.54, 1.807) is 6.20 Å². The Morgan fingerprint density at radius 3 is 2.59 bits per heavy atom. The number of imidazole rings is 1. The number of hydrogen-bond donors (Lipinski definition) is 4. The number of amides is 1. The Bertz CT molecular complexity index is 1270. The van der Waals surface area contributed by atoms with Crippen LogP contribution in [0.15, 0.2) is 18.3 Å². The first-order valence-electron chi connectivity index (χ1n) is 12.7. The molecule has 12 heteroatoms. The molecular weight excluding hydrogens is 504 g/mol. The Balaban J connectivity index is 1.51. The number of nitrogens with zero attached hydrogens (tertiary/aromatic N) is 4. The van der Waals surface area contributed by atoms with Crippen molar-refractivity contribution < 1.29 is 18.7 Å². The van der Waals surface area contributed by atoms with Crippen LogP contribution in [0.25, 0.3) is 11.2 Å². The van der Waals surface area contributed by atoms with Crippen LogP contribution in [0.2, 0.25) is 5.02 Å². The largest absolute Gasteiger partial charge is 0.393 e. The van der Waals surface area contributed by atoms with Crippen molar-refractivity contribution >= 4 is 46.3 Å². The molecule has 0 saturated heterocycles. The number of anilines is 3. The Morgan fingerprint density at radius 1 is 1.11 bits per heavy atom. The topological polar surface area (TPSA) is 131 Å². The minimum absolute atomic E-state index is 0.0436. The summed E-state index contributed by atoms with van der Waals surface area (Å²) in [4.78, 5) is 25.5. The number of aliphatic hydroxyl groups is 1. The number of nitrogens with one attached hydrogen (secondary N) is 2. The normalized spacial score (nSPS) is 24.5. The third kappa shape index (κ3) is 5.62. The van der Waals surface area contributed by atoms with E-state index in [0.717, 1.165) is 37.8 Å². The minimum Gasteiger partial charge on any atom is -0.393 e. The van der Waals surface area contributed by atoms with Crippen LogP contribution in [0.1, 0.15) is 63.8 Å².